The molecule has 1 fully saturated rings. The van der Waals surface area contributed by atoms with Gasteiger partial charge in [0.2, 0.25) is 0 Å². The van der Waals surface area contributed by atoms with Crippen LogP contribution < -0.4 is 0 Å². The highest BCUT2D eigenvalue weighted by Gasteiger charge is 2.42. The van der Waals surface area contributed by atoms with Crippen LogP contribution in [0.1, 0.15) is 31.9 Å². The van der Waals surface area contributed by atoms with Crippen LogP contribution in [0.3, 0.4) is 0 Å². The number of hydrogen-bond donors (Lipinski definition) is 1. The Morgan fingerprint density at radius 2 is 2.24 bits per heavy atom. The number of fused-ring (bicyclic) bond motifs is 1. The van der Waals surface area contributed by atoms with Crippen LogP contribution >= 0.6 is 0 Å². The summed E-state index contributed by atoms with van der Waals surface area (Å²) in [4.78, 5) is 0. The van der Waals surface area contributed by atoms with Gasteiger partial charge in [-0.05, 0) is 49.4 Å². The molecule has 1 N–H and O–H groups in total. The van der Waals surface area contributed by atoms with Crippen molar-refractivity contribution in [2.24, 2.45) is 5.92 Å². The van der Waals surface area contributed by atoms with E-state index in [4.69, 9.17) is 4.42 Å². The second-order valence-corrected chi connectivity index (χ2v) is 5.01. The molecule has 0 saturated heterocycles. The van der Waals surface area contributed by atoms with Gasteiger partial charge >= 0.3 is 0 Å². The minimum Gasteiger partial charge on any atom is -0.458 e. The zero-order valence-corrected chi connectivity index (χ0v) is 9.74. The van der Waals surface area contributed by atoms with Gasteiger partial charge in [-0.1, -0.05) is 6.92 Å². The fraction of sp³-hybridized carbons (Fsp3) is 0.429. The van der Waals surface area contributed by atoms with Crippen molar-refractivity contribution in [3.05, 3.63) is 35.8 Å². The van der Waals surface area contributed by atoms with Crippen LogP contribution in [0.2, 0.25) is 0 Å². The average molecular weight is 234 g/mol. The van der Waals surface area contributed by atoms with Crippen LogP contribution in [0.5, 0.6) is 0 Å². The predicted octanol–water partition coefficient (Wildman–Crippen LogP) is 3.58. The summed E-state index contributed by atoms with van der Waals surface area (Å²) in [7, 11) is 0. The number of rotatable bonds is 1. The van der Waals surface area contributed by atoms with Crippen molar-refractivity contribution in [1.82, 2.24) is 0 Å². The van der Waals surface area contributed by atoms with E-state index in [2.05, 4.69) is 0 Å². The van der Waals surface area contributed by atoms with Crippen LogP contribution in [0.15, 0.2) is 28.7 Å². The molecule has 90 valence electrons. The van der Waals surface area contributed by atoms with Gasteiger partial charge in [-0.25, -0.2) is 4.39 Å². The van der Waals surface area contributed by atoms with Gasteiger partial charge in [0.15, 0.2) is 0 Å². The molecule has 2 aromatic rings. The largest absolute Gasteiger partial charge is 0.458 e. The van der Waals surface area contributed by atoms with Gasteiger partial charge in [-0.2, -0.15) is 0 Å². The van der Waals surface area contributed by atoms with E-state index in [1.807, 2.05) is 6.92 Å². The first-order valence-electron chi connectivity index (χ1n) is 6.01. The summed E-state index contributed by atoms with van der Waals surface area (Å²) >= 11 is 0. The van der Waals surface area contributed by atoms with Gasteiger partial charge < -0.3 is 9.52 Å². The molecule has 1 heterocycles. The molecule has 0 amide bonds. The maximum atomic E-state index is 13.1. The van der Waals surface area contributed by atoms with E-state index in [1.165, 1.54) is 12.1 Å². The van der Waals surface area contributed by atoms with E-state index in [1.54, 1.807) is 12.1 Å². The molecule has 3 rings (SSSR count). The van der Waals surface area contributed by atoms with Crippen molar-refractivity contribution in [3.8, 4) is 0 Å². The Hall–Kier alpha value is -1.35. The van der Waals surface area contributed by atoms with Crippen molar-refractivity contribution >= 4 is 11.0 Å². The van der Waals surface area contributed by atoms with Gasteiger partial charge in [0, 0.05) is 5.39 Å². The van der Waals surface area contributed by atoms with Gasteiger partial charge in [0.1, 0.15) is 22.8 Å². The summed E-state index contributed by atoms with van der Waals surface area (Å²) in [6, 6.07) is 6.18. The molecule has 1 aliphatic carbocycles. The lowest BCUT2D eigenvalue weighted by atomic mass is 9.90. The van der Waals surface area contributed by atoms with Gasteiger partial charge in [0.25, 0.3) is 0 Å². The number of furan rings is 1. The molecular formula is C14H15FO2. The second-order valence-electron chi connectivity index (χ2n) is 5.01. The predicted molar refractivity (Wildman–Crippen MR) is 63.1 cm³/mol. The molecule has 1 aliphatic rings. The molecule has 2 unspecified atom stereocenters. The summed E-state index contributed by atoms with van der Waals surface area (Å²) in [6.45, 7) is 2.03. The van der Waals surface area contributed by atoms with E-state index in [-0.39, 0.29) is 11.7 Å². The Morgan fingerprint density at radius 3 is 2.94 bits per heavy atom. The first-order chi connectivity index (χ1) is 8.09. The Morgan fingerprint density at radius 1 is 1.41 bits per heavy atom. The fourth-order valence-corrected chi connectivity index (χ4v) is 2.76. The Kier molecular flexibility index (Phi) is 2.26. The highest BCUT2D eigenvalue weighted by molar-refractivity contribution is 5.78. The highest BCUT2D eigenvalue weighted by Crippen LogP contribution is 2.44. The first kappa shape index (κ1) is 10.8. The zero-order chi connectivity index (χ0) is 12.0. The summed E-state index contributed by atoms with van der Waals surface area (Å²) < 4.78 is 18.8. The SMILES string of the molecule is CC1CCCC1(O)c1cc2cc(F)ccc2o1. The maximum absolute atomic E-state index is 13.1. The molecule has 2 atom stereocenters. The molecule has 1 aromatic heterocycles. The van der Waals surface area contributed by atoms with E-state index < -0.39 is 5.60 Å². The zero-order valence-electron chi connectivity index (χ0n) is 9.74. The fourth-order valence-electron chi connectivity index (χ4n) is 2.76. The van der Waals surface area contributed by atoms with Crippen molar-refractivity contribution in [3.63, 3.8) is 0 Å². The molecule has 1 saturated carbocycles. The topological polar surface area (TPSA) is 33.4 Å². The normalized spacial score (nSPS) is 29.0. The van der Waals surface area contributed by atoms with E-state index in [9.17, 15) is 9.50 Å². The lowest BCUT2D eigenvalue weighted by molar-refractivity contribution is -0.0143. The molecule has 1 aromatic carbocycles. The quantitative estimate of drug-likeness (QED) is 0.818. The maximum Gasteiger partial charge on any atom is 0.137 e. The van der Waals surface area contributed by atoms with Crippen molar-refractivity contribution < 1.29 is 13.9 Å². The van der Waals surface area contributed by atoms with E-state index in [0.29, 0.717) is 16.7 Å². The van der Waals surface area contributed by atoms with Crippen molar-refractivity contribution in [2.75, 3.05) is 0 Å². The van der Waals surface area contributed by atoms with Gasteiger partial charge in [-0.3, -0.25) is 0 Å². The summed E-state index contributed by atoms with van der Waals surface area (Å²) in [5.74, 6) is 0.479. The second kappa shape index (κ2) is 3.57. The third kappa shape index (κ3) is 1.57. The third-order valence-corrected chi connectivity index (χ3v) is 3.92. The molecule has 0 spiro atoms. The summed E-state index contributed by atoms with van der Waals surface area (Å²) in [6.07, 6.45) is 2.72. The lowest BCUT2D eigenvalue weighted by Crippen LogP contribution is -2.27. The van der Waals surface area contributed by atoms with E-state index in [0.717, 1.165) is 19.3 Å². The van der Waals surface area contributed by atoms with Crippen LogP contribution in [-0.2, 0) is 5.60 Å². The number of aliphatic hydroxyl groups is 1. The summed E-state index contributed by atoms with van der Waals surface area (Å²) in [5.41, 5.74) is -0.246. The molecular weight excluding hydrogens is 219 g/mol. The van der Waals surface area contributed by atoms with Gasteiger partial charge in [0.05, 0.1) is 0 Å². The highest BCUT2D eigenvalue weighted by atomic mass is 19.1. The Balaban J connectivity index is 2.12. The molecule has 3 heteroatoms. The van der Waals surface area contributed by atoms with Crippen LogP contribution in [-0.4, -0.2) is 5.11 Å². The van der Waals surface area contributed by atoms with Crippen molar-refractivity contribution in [1.29, 1.82) is 0 Å². The number of benzene rings is 1. The van der Waals surface area contributed by atoms with Crippen LogP contribution in [0.25, 0.3) is 11.0 Å². The number of hydrogen-bond acceptors (Lipinski definition) is 2. The monoisotopic (exact) mass is 234 g/mol. The lowest BCUT2D eigenvalue weighted by Gasteiger charge is -2.24. The molecule has 0 bridgehead atoms. The standard InChI is InChI=1S/C14H15FO2/c1-9-3-2-6-14(9,16)13-8-10-7-11(15)4-5-12(10)17-13/h4-5,7-9,16H,2-3,6H2,1H3. The Bertz CT molecular complexity index is 560. The van der Waals surface area contributed by atoms with E-state index >= 15 is 0 Å². The minimum absolute atomic E-state index is 0.188. The third-order valence-electron chi connectivity index (χ3n) is 3.92. The molecule has 0 radical (unpaired) electrons. The van der Waals surface area contributed by atoms with Crippen LogP contribution in [0, 0.1) is 11.7 Å². The first-order valence-corrected chi connectivity index (χ1v) is 6.01. The smallest absolute Gasteiger partial charge is 0.137 e. The van der Waals surface area contributed by atoms with Crippen molar-refractivity contribution in [2.45, 2.75) is 31.8 Å². The van der Waals surface area contributed by atoms with Gasteiger partial charge in [-0.15, -0.1) is 0 Å². The molecule has 17 heavy (non-hydrogen) atoms. The molecule has 2 nitrogen and oxygen atoms in total. The minimum atomic E-state index is -0.879. The average Bonchev–Trinajstić information content (AvgIpc) is 2.84. The Labute approximate surface area is 99.1 Å². The summed E-state index contributed by atoms with van der Waals surface area (Å²) in [5, 5.41) is 11.3. The van der Waals surface area contributed by atoms with Crippen LogP contribution in [0.4, 0.5) is 4.39 Å². The molecule has 0 aliphatic heterocycles. The number of halogens is 1.